The Balaban J connectivity index is 0.000000845. The Bertz CT molecular complexity index is 249. The van der Waals surface area contributed by atoms with Gasteiger partial charge in [-0.15, -0.1) is 12.4 Å². The molecule has 0 saturated carbocycles. The number of halogens is 1. The van der Waals surface area contributed by atoms with E-state index in [1.54, 1.807) is 7.05 Å². The number of hydrogen-bond acceptors (Lipinski definition) is 3. The molecule has 0 aliphatic carbocycles. The summed E-state index contributed by atoms with van der Waals surface area (Å²) in [4.78, 5) is 24.1. The van der Waals surface area contributed by atoms with Crippen molar-refractivity contribution in [1.29, 1.82) is 0 Å². The van der Waals surface area contributed by atoms with E-state index in [1.165, 1.54) is 4.90 Å². The van der Waals surface area contributed by atoms with Crippen LogP contribution in [0.15, 0.2) is 0 Å². The Kier molecular flexibility index (Phi) is 2.63. The molecule has 1 spiro atoms. The van der Waals surface area contributed by atoms with Gasteiger partial charge in [0.25, 0.3) is 0 Å². The molecule has 2 aliphatic rings. The van der Waals surface area contributed by atoms with Gasteiger partial charge in [0.1, 0.15) is 0 Å². The summed E-state index contributed by atoms with van der Waals surface area (Å²) < 4.78 is 0. The first-order valence-corrected chi connectivity index (χ1v) is 4.17. The number of nitrogens with zero attached hydrogens (tertiary/aromatic N) is 1. The van der Waals surface area contributed by atoms with Crippen molar-refractivity contribution in [2.24, 2.45) is 5.41 Å². The summed E-state index contributed by atoms with van der Waals surface area (Å²) in [6, 6.07) is 0. The maximum absolute atomic E-state index is 11.6. The highest BCUT2D eigenvalue weighted by molar-refractivity contribution is 6.05. The molecule has 4 nitrogen and oxygen atoms in total. The van der Waals surface area contributed by atoms with Gasteiger partial charge in [-0.1, -0.05) is 0 Å². The molecule has 0 aromatic carbocycles. The molecule has 0 aromatic heterocycles. The van der Waals surface area contributed by atoms with Gasteiger partial charge in [-0.2, -0.15) is 0 Å². The van der Waals surface area contributed by atoms with Crippen molar-refractivity contribution < 1.29 is 9.59 Å². The van der Waals surface area contributed by atoms with E-state index in [-0.39, 0.29) is 29.6 Å². The highest BCUT2D eigenvalue weighted by Gasteiger charge is 2.51. The SMILES string of the molecule is CN1C(=O)CC2(CCNC2)C1=O.Cl. The lowest BCUT2D eigenvalue weighted by atomic mass is 9.85. The molecule has 74 valence electrons. The smallest absolute Gasteiger partial charge is 0.236 e. The van der Waals surface area contributed by atoms with E-state index < -0.39 is 0 Å². The third kappa shape index (κ3) is 1.34. The minimum absolute atomic E-state index is 0. The van der Waals surface area contributed by atoms with Crippen LogP contribution >= 0.6 is 12.4 Å². The molecular weight excluding hydrogens is 192 g/mol. The highest BCUT2D eigenvalue weighted by Crippen LogP contribution is 2.37. The number of likely N-dealkylation sites (tertiary alicyclic amines) is 1. The van der Waals surface area contributed by atoms with Gasteiger partial charge in [-0.25, -0.2) is 0 Å². The van der Waals surface area contributed by atoms with Crippen LogP contribution in [0.4, 0.5) is 0 Å². The van der Waals surface area contributed by atoms with Crippen LogP contribution in [0, 0.1) is 5.41 Å². The zero-order chi connectivity index (χ0) is 8.77. The molecule has 2 aliphatic heterocycles. The Morgan fingerprint density at radius 2 is 2.15 bits per heavy atom. The summed E-state index contributed by atoms with van der Waals surface area (Å²) >= 11 is 0. The van der Waals surface area contributed by atoms with Gasteiger partial charge >= 0.3 is 0 Å². The van der Waals surface area contributed by atoms with E-state index in [2.05, 4.69) is 5.32 Å². The van der Waals surface area contributed by atoms with Crippen molar-refractivity contribution in [3.05, 3.63) is 0 Å². The summed E-state index contributed by atoms with van der Waals surface area (Å²) in [6.45, 7) is 1.52. The molecule has 0 aromatic rings. The second kappa shape index (κ2) is 3.27. The van der Waals surface area contributed by atoms with Gasteiger partial charge in [-0.3, -0.25) is 14.5 Å². The lowest BCUT2D eigenvalue weighted by Gasteiger charge is -2.17. The molecule has 2 heterocycles. The van der Waals surface area contributed by atoms with Crippen molar-refractivity contribution in [2.45, 2.75) is 12.8 Å². The van der Waals surface area contributed by atoms with Gasteiger partial charge in [0.2, 0.25) is 11.8 Å². The van der Waals surface area contributed by atoms with Crippen molar-refractivity contribution in [3.63, 3.8) is 0 Å². The van der Waals surface area contributed by atoms with Crippen molar-refractivity contribution in [3.8, 4) is 0 Å². The van der Waals surface area contributed by atoms with E-state index in [4.69, 9.17) is 0 Å². The normalized spacial score (nSPS) is 32.8. The molecule has 13 heavy (non-hydrogen) atoms. The zero-order valence-corrected chi connectivity index (χ0v) is 8.32. The average Bonchev–Trinajstić information content (AvgIpc) is 2.57. The molecule has 2 rings (SSSR count). The van der Waals surface area contributed by atoms with Crippen LogP contribution in [0.3, 0.4) is 0 Å². The fourth-order valence-corrected chi connectivity index (χ4v) is 2.03. The molecule has 0 bridgehead atoms. The number of nitrogens with one attached hydrogen (secondary N) is 1. The summed E-state index contributed by atoms with van der Waals surface area (Å²) in [5.74, 6) is -0.0406. The summed E-state index contributed by atoms with van der Waals surface area (Å²) in [5, 5.41) is 3.13. The van der Waals surface area contributed by atoms with E-state index in [0.717, 1.165) is 13.0 Å². The largest absolute Gasteiger partial charge is 0.316 e. The number of rotatable bonds is 0. The maximum atomic E-state index is 11.6. The molecule has 2 saturated heterocycles. The van der Waals surface area contributed by atoms with Crippen LogP contribution in [0.2, 0.25) is 0 Å². The Labute approximate surface area is 83.1 Å². The molecule has 1 atom stereocenters. The average molecular weight is 205 g/mol. The van der Waals surface area contributed by atoms with E-state index in [0.29, 0.717) is 13.0 Å². The lowest BCUT2D eigenvalue weighted by molar-refractivity contribution is -0.139. The number of imide groups is 1. The molecular formula is C8H13ClN2O2. The fourth-order valence-electron chi connectivity index (χ4n) is 2.03. The second-order valence-corrected chi connectivity index (χ2v) is 3.64. The molecule has 2 amide bonds. The number of carbonyl (C=O) groups excluding carboxylic acids is 2. The molecule has 5 heteroatoms. The van der Waals surface area contributed by atoms with Crippen molar-refractivity contribution in [1.82, 2.24) is 10.2 Å². The summed E-state index contributed by atoms with van der Waals surface area (Å²) in [6.07, 6.45) is 1.21. The summed E-state index contributed by atoms with van der Waals surface area (Å²) in [5.41, 5.74) is -0.383. The zero-order valence-electron chi connectivity index (χ0n) is 7.50. The van der Waals surface area contributed by atoms with Gasteiger partial charge < -0.3 is 5.32 Å². The first-order chi connectivity index (χ1) is 5.66. The Morgan fingerprint density at radius 1 is 1.46 bits per heavy atom. The second-order valence-electron chi connectivity index (χ2n) is 3.64. The van der Waals surface area contributed by atoms with Crippen molar-refractivity contribution >= 4 is 24.2 Å². The highest BCUT2D eigenvalue weighted by atomic mass is 35.5. The predicted molar refractivity (Wildman–Crippen MR) is 49.6 cm³/mol. The van der Waals surface area contributed by atoms with Crippen LogP contribution in [-0.2, 0) is 9.59 Å². The number of hydrogen-bond donors (Lipinski definition) is 1. The maximum Gasteiger partial charge on any atom is 0.236 e. The number of carbonyl (C=O) groups is 2. The van der Waals surface area contributed by atoms with E-state index >= 15 is 0 Å². The van der Waals surface area contributed by atoms with Gasteiger partial charge in [0.15, 0.2) is 0 Å². The Hall–Kier alpha value is -0.610. The standard InChI is InChI=1S/C8H12N2O2.ClH/c1-10-6(11)4-8(7(10)12)2-3-9-5-8;/h9H,2-5H2,1H3;1H. The lowest BCUT2D eigenvalue weighted by Crippen LogP contribution is -2.34. The fraction of sp³-hybridized carbons (Fsp3) is 0.750. The van der Waals surface area contributed by atoms with Crippen LogP contribution < -0.4 is 5.32 Å². The third-order valence-electron chi connectivity index (χ3n) is 2.87. The van der Waals surface area contributed by atoms with Gasteiger partial charge in [0, 0.05) is 20.0 Å². The molecule has 0 radical (unpaired) electrons. The third-order valence-corrected chi connectivity index (χ3v) is 2.87. The predicted octanol–water partition coefficient (Wildman–Crippen LogP) is -0.223. The molecule has 2 fully saturated rings. The van der Waals surface area contributed by atoms with E-state index in [9.17, 15) is 9.59 Å². The Morgan fingerprint density at radius 3 is 2.54 bits per heavy atom. The molecule has 1 unspecified atom stereocenters. The van der Waals surface area contributed by atoms with Gasteiger partial charge in [0.05, 0.1) is 5.41 Å². The van der Waals surface area contributed by atoms with Crippen LogP contribution in [-0.4, -0.2) is 36.9 Å². The minimum Gasteiger partial charge on any atom is -0.316 e. The quantitative estimate of drug-likeness (QED) is 0.555. The van der Waals surface area contributed by atoms with Crippen LogP contribution in [0.25, 0.3) is 0 Å². The summed E-state index contributed by atoms with van der Waals surface area (Å²) in [7, 11) is 1.57. The van der Waals surface area contributed by atoms with Crippen LogP contribution in [0.1, 0.15) is 12.8 Å². The first-order valence-electron chi connectivity index (χ1n) is 4.17. The van der Waals surface area contributed by atoms with Crippen LogP contribution in [0.5, 0.6) is 0 Å². The number of amides is 2. The molecule has 1 N–H and O–H groups in total. The topological polar surface area (TPSA) is 49.4 Å². The van der Waals surface area contributed by atoms with E-state index in [1.807, 2.05) is 0 Å². The first kappa shape index (κ1) is 10.5. The van der Waals surface area contributed by atoms with Crippen molar-refractivity contribution in [2.75, 3.05) is 20.1 Å². The minimum atomic E-state index is -0.383. The monoisotopic (exact) mass is 204 g/mol. The van der Waals surface area contributed by atoms with Gasteiger partial charge in [-0.05, 0) is 13.0 Å².